The highest BCUT2D eigenvalue weighted by atomic mass is 16.5. The second-order valence-electron chi connectivity index (χ2n) is 5.68. The van der Waals surface area contributed by atoms with Crippen molar-refractivity contribution in [3.63, 3.8) is 0 Å². The molecule has 1 unspecified atom stereocenters. The first-order chi connectivity index (χ1) is 8.96. The van der Waals surface area contributed by atoms with E-state index in [2.05, 4.69) is 17.6 Å². The van der Waals surface area contributed by atoms with Gasteiger partial charge in [-0.05, 0) is 25.3 Å². The zero-order chi connectivity index (χ0) is 14.5. The first-order valence-corrected chi connectivity index (χ1v) is 7.06. The Hall–Kier alpha value is -1.10. The molecule has 1 saturated heterocycles. The van der Waals surface area contributed by atoms with Crippen molar-refractivity contribution in [2.24, 2.45) is 11.3 Å². The Balaban J connectivity index is 2.77. The van der Waals surface area contributed by atoms with Gasteiger partial charge >= 0.3 is 5.97 Å². The van der Waals surface area contributed by atoms with Gasteiger partial charge in [-0.1, -0.05) is 27.2 Å². The number of hydrogen-bond acceptors (Lipinski definition) is 4. The highest BCUT2D eigenvalue weighted by molar-refractivity contribution is 5.88. The molecule has 0 aromatic rings. The maximum absolute atomic E-state index is 12.5. The molecule has 0 bridgehead atoms. The summed E-state index contributed by atoms with van der Waals surface area (Å²) in [5, 5.41) is 6.13. The van der Waals surface area contributed by atoms with Gasteiger partial charge in [0.1, 0.15) is 6.04 Å². The summed E-state index contributed by atoms with van der Waals surface area (Å²) in [6.07, 6.45) is 2.64. The van der Waals surface area contributed by atoms with Gasteiger partial charge in [0.15, 0.2) is 0 Å². The lowest BCUT2D eigenvalue weighted by atomic mass is 9.81. The molecule has 0 aromatic heterocycles. The molecule has 1 amide bonds. The second-order valence-corrected chi connectivity index (χ2v) is 5.68. The minimum atomic E-state index is -0.563. The number of methoxy groups -OCH3 is 1. The molecule has 1 rings (SSSR count). The van der Waals surface area contributed by atoms with Crippen LogP contribution in [0, 0.1) is 11.3 Å². The molecule has 5 heteroatoms. The number of hydrogen-bond donors (Lipinski definition) is 2. The molecule has 1 aliphatic rings. The zero-order valence-electron chi connectivity index (χ0n) is 12.4. The van der Waals surface area contributed by atoms with Crippen molar-refractivity contribution < 1.29 is 14.3 Å². The van der Waals surface area contributed by atoms with Crippen molar-refractivity contribution in [3.05, 3.63) is 0 Å². The molecule has 0 aromatic carbocycles. The monoisotopic (exact) mass is 270 g/mol. The normalized spacial score (nSPS) is 24.3. The summed E-state index contributed by atoms with van der Waals surface area (Å²) in [4.78, 5) is 24.2. The number of ether oxygens (including phenoxy) is 1. The first-order valence-electron chi connectivity index (χ1n) is 7.06. The Bertz CT molecular complexity index is 323. The molecule has 2 N–H and O–H groups in total. The van der Waals surface area contributed by atoms with Crippen LogP contribution in [-0.4, -0.2) is 38.1 Å². The maximum Gasteiger partial charge on any atom is 0.328 e. The van der Waals surface area contributed by atoms with Gasteiger partial charge in [0.05, 0.1) is 12.5 Å². The average molecular weight is 270 g/mol. The smallest absolute Gasteiger partial charge is 0.328 e. The first kappa shape index (κ1) is 16.0. The van der Waals surface area contributed by atoms with Crippen molar-refractivity contribution in [1.82, 2.24) is 10.6 Å². The molecule has 110 valence electrons. The van der Waals surface area contributed by atoms with E-state index in [0.717, 1.165) is 25.8 Å². The average Bonchev–Trinajstić information content (AvgIpc) is 2.84. The summed E-state index contributed by atoms with van der Waals surface area (Å²) in [7, 11) is 1.35. The van der Waals surface area contributed by atoms with E-state index in [9.17, 15) is 9.59 Å². The van der Waals surface area contributed by atoms with Gasteiger partial charge in [-0.2, -0.15) is 0 Å². The van der Waals surface area contributed by atoms with Crippen molar-refractivity contribution in [2.45, 2.75) is 46.1 Å². The summed E-state index contributed by atoms with van der Waals surface area (Å²) in [6, 6.07) is -0.563. The van der Waals surface area contributed by atoms with Crippen LogP contribution in [0.2, 0.25) is 0 Å². The molecule has 0 spiro atoms. The molecule has 0 radical (unpaired) electrons. The third-order valence-corrected chi connectivity index (χ3v) is 3.86. The van der Waals surface area contributed by atoms with Gasteiger partial charge in [-0.25, -0.2) is 4.79 Å². The van der Waals surface area contributed by atoms with Crippen LogP contribution in [0.3, 0.4) is 0 Å². The SMILES string of the molecule is CCCC1(C(=O)N[C@H](C(=O)OC)C(C)C)CCNC1. The van der Waals surface area contributed by atoms with E-state index in [-0.39, 0.29) is 23.2 Å². The van der Waals surface area contributed by atoms with Gasteiger partial charge in [0.25, 0.3) is 0 Å². The molecular formula is C14H26N2O3. The van der Waals surface area contributed by atoms with E-state index in [1.54, 1.807) is 0 Å². The highest BCUT2D eigenvalue weighted by Crippen LogP contribution is 2.31. The lowest BCUT2D eigenvalue weighted by molar-refractivity contribution is -0.148. The lowest BCUT2D eigenvalue weighted by Gasteiger charge is -2.30. The molecule has 0 aliphatic carbocycles. The van der Waals surface area contributed by atoms with E-state index in [4.69, 9.17) is 4.74 Å². The predicted molar refractivity (Wildman–Crippen MR) is 73.6 cm³/mol. The summed E-state index contributed by atoms with van der Waals surface area (Å²) in [5.74, 6) is -0.381. The van der Waals surface area contributed by atoms with Crippen LogP contribution in [0.4, 0.5) is 0 Å². The van der Waals surface area contributed by atoms with E-state index in [1.807, 2.05) is 13.8 Å². The molecule has 2 atom stereocenters. The number of amides is 1. The number of carbonyl (C=O) groups is 2. The Kier molecular flexibility index (Phi) is 5.79. The molecular weight excluding hydrogens is 244 g/mol. The number of carbonyl (C=O) groups excluding carboxylic acids is 2. The summed E-state index contributed by atoms with van der Waals surface area (Å²) >= 11 is 0. The minimum absolute atomic E-state index is 0.0180. The fourth-order valence-electron chi connectivity index (χ4n) is 2.66. The molecule has 5 nitrogen and oxygen atoms in total. The van der Waals surface area contributed by atoms with Gasteiger partial charge in [-0.3, -0.25) is 4.79 Å². The van der Waals surface area contributed by atoms with Crippen molar-refractivity contribution in [1.29, 1.82) is 0 Å². The Morgan fingerprint density at radius 2 is 2.11 bits per heavy atom. The Morgan fingerprint density at radius 1 is 1.42 bits per heavy atom. The van der Waals surface area contributed by atoms with E-state index in [0.29, 0.717) is 6.54 Å². The van der Waals surface area contributed by atoms with Crippen LogP contribution in [0.25, 0.3) is 0 Å². The predicted octanol–water partition coefficient (Wildman–Crippen LogP) is 1.08. The van der Waals surface area contributed by atoms with Gasteiger partial charge in [0, 0.05) is 6.54 Å². The fraction of sp³-hybridized carbons (Fsp3) is 0.857. The van der Waals surface area contributed by atoms with Crippen LogP contribution in [0.5, 0.6) is 0 Å². The van der Waals surface area contributed by atoms with Crippen LogP contribution in [0.1, 0.15) is 40.0 Å². The number of esters is 1. The van der Waals surface area contributed by atoms with Gasteiger partial charge in [0.2, 0.25) is 5.91 Å². The topological polar surface area (TPSA) is 67.4 Å². The largest absolute Gasteiger partial charge is 0.467 e. The molecule has 0 saturated carbocycles. The van der Waals surface area contributed by atoms with Crippen LogP contribution in [0.15, 0.2) is 0 Å². The molecule has 1 heterocycles. The van der Waals surface area contributed by atoms with E-state index >= 15 is 0 Å². The quantitative estimate of drug-likeness (QED) is 0.709. The van der Waals surface area contributed by atoms with Crippen LogP contribution in [-0.2, 0) is 14.3 Å². The minimum Gasteiger partial charge on any atom is -0.467 e. The molecule has 1 fully saturated rings. The zero-order valence-corrected chi connectivity index (χ0v) is 12.4. The Morgan fingerprint density at radius 3 is 2.53 bits per heavy atom. The van der Waals surface area contributed by atoms with Crippen molar-refractivity contribution >= 4 is 11.9 Å². The molecule has 19 heavy (non-hydrogen) atoms. The van der Waals surface area contributed by atoms with Gasteiger partial charge in [-0.15, -0.1) is 0 Å². The number of nitrogens with one attached hydrogen (secondary N) is 2. The van der Waals surface area contributed by atoms with Crippen molar-refractivity contribution in [3.8, 4) is 0 Å². The van der Waals surface area contributed by atoms with Gasteiger partial charge < -0.3 is 15.4 Å². The Labute approximate surface area is 115 Å². The number of rotatable bonds is 6. The van der Waals surface area contributed by atoms with E-state index in [1.165, 1.54) is 7.11 Å². The third kappa shape index (κ3) is 3.69. The molecule has 1 aliphatic heterocycles. The fourth-order valence-corrected chi connectivity index (χ4v) is 2.66. The summed E-state index contributed by atoms with van der Waals surface area (Å²) in [5.41, 5.74) is -0.365. The standard InChI is InChI=1S/C14H26N2O3/c1-5-6-14(7-8-15-9-14)13(18)16-11(10(2)3)12(17)19-4/h10-11,15H,5-9H2,1-4H3,(H,16,18)/t11-,14?/m0/s1. The lowest BCUT2D eigenvalue weighted by Crippen LogP contribution is -2.51. The van der Waals surface area contributed by atoms with Crippen molar-refractivity contribution in [2.75, 3.05) is 20.2 Å². The maximum atomic E-state index is 12.5. The summed E-state index contributed by atoms with van der Waals surface area (Å²) < 4.78 is 4.76. The van der Waals surface area contributed by atoms with Crippen LogP contribution < -0.4 is 10.6 Å². The third-order valence-electron chi connectivity index (χ3n) is 3.86. The van der Waals surface area contributed by atoms with Crippen LogP contribution >= 0.6 is 0 Å². The second kappa shape index (κ2) is 6.89. The highest BCUT2D eigenvalue weighted by Gasteiger charge is 2.42. The van der Waals surface area contributed by atoms with E-state index < -0.39 is 6.04 Å². The summed E-state index contributed by atoms with van der Waals surface area (Å²) in [6.45, 7) is 7.44.